The molecule has 18 heavy (non-hydrogen) atoms. The summed E-state index contributed by atoms with van der Waals surface area (Å²) in [4.78, 5) is 12.6. The molecule has 0 aromatic heterocycles. The molecule has 2 heterocycles. The van der Waals surface area contributed by atoms with Crippen molar-refractivity contribution in [1.29, 1.82) is 0 Å². The summed E-state index contributed by atoms with van der Waals surface area (Å²) in [6.07, 6.45) is 0. The molecule has 0 aliphatic carbocycles. The van der Waals surface area contributed by atoms with Gasteiger partial charge in [-0.15, -0.1) is 11.8 Å². The van der Waals surface area contributed by atoms with E-state index in [2.05, 4.69) is 41.1 Å². The Kier molecular flexibility index (Phi) is 3.05. The molecule has 2 aliphatic heterocycles. The predicted molar refractivity (Wildman–Crippen MR) is 74.0 cm³/mol. The van der Waals surface area contributed by atoms with Gasteiger partial charge in [-0.1, -0.05) is 6.07 Å². The summed E-state index contributed by atoms with van der Waals surface area (Å²) in [6.45, 7) is 5.08. The molecular weight excluding hydrogens is 246 g/mol. The van der Waals surface area contributed by atoms with Crippen molar-refractivity contribution in [3.63, 3.8) is 0 Å². The number of amides is 1. The smallest absolute Gasteiger partial charge is 0.234 e. The van der Waals surface area contributed by atoms with Crippen LogP contribution in [0.5, 0.6) is 0 Å². The lowest BCUT2D eigenvalue weighted by Gasteiger charge is -2.36. The van der Waals surface area contributed by atoms with Gasteiger partial charge < -0.3 is 16.0 Å². The Morgan fingerprint density at radius 3 is 3.00 bits per heavy atom. The summed E-state index contributed by atoms with van der Waals surface area (Å²) in [5.74, 6) is 0.605. The second-order valence-electron chi connectivity index (χ2n) is 4.98. The van der Waals surface area contributed by atoms with E-state index in [0.717, 1.165) is 30.2 Å². The average molecular weight is 263 g/mol. The molecule has 4 nitrogen and oxygen atoms in total. The van der Waals surface area contributed by atoms with Gasteiger partial charge in [0, 0.05) is 24.5 Å². The van der Waals surface area contributed by atoms with Crippen molar-refractivity contribution >= 4 is 23.4 Å². The highest BCUT2D eigenvalue weighted by Crippen LogP contribution is 2.34. The van der Waals surface area contributed by atoms with Gasteiger partial charge in [0.25, 0.3) is 0 Å². The number of fused-ring (bicyclic) bond motifs is 1. The van der Waals surface area contributed by atoms with Gasteiger partial charge in [0.05, 0.1) is 17.0 Å². The Balaban J connectivity index is 1.93. The first-order valence-electron chi connectivity index (χ1n) is 6.20. The summed E-state index contributed by atoms with van der Waals surface area (Å²) >= 11 is 1.60. The molecule has 1 aromatic carbocycles. The average Bonchev–Trinajstić information content (AvgIpc) is 2.38. The number of hydrogen-bond acceptors (Lipinski definition) is 4. The van der Waals surface area contributed by atoms with Crippen LogP contribution in [0.25, 0.3) is 0 Å². The van der Waals surface area contributed by atoms with Gasteiger partial charge in [0.2, 0.25) is 5.91 Å². The van der Waals surface area contributed by atoms with Crippen LogP contribution in [0, 0.1) is 0 Å². The number of piperazine rings is 1. The van der Waals surface area contributed by atoms with E-state index in [-0.39, 0.29) is 11.4 Å². The fourth-order valence-electron chi connectivity index (χ4n) is 2.46. The van der Waals surface area contributed by atoms with Gasteiger partial charge in [0.1, 0.15) is 0 Å². The van der Waals surface area contributed by atoms with Gasteiger partial charge in [-0.3, -0.25) is 4.79 Å². The first kappa shape index (κ1) is 12.0. The molecule has 0 saturated carbocycles. The van der Waals surface area contributed by atoms with Crippen LogP contribution < -0.4 is 16.0 Å². The Bertz CT molecular complexity index is 483. The van der Waals surface area contributed by atoms with Crippen LogP contribution in [0.4, 0.5) is 5.69 Å². The number of nitrogens with one attached hydrogen (secondary N) is 3. The topological polar surface area (TPSA) is 53.2 Å². The summed E-state index contributed by atoms with van der Waals surface area (Å²) in [5.41, 5.74) is 2.11. The number of hydrogen-bond donors (Lipinski definition) is 3. The minimum Gasteiger partial charge on any atom is -0.324 e. The number of rotatable bonds is 1. The lowest BCUT2D eigenvalue weighted by atomic mass is 9.90. The number of thioether (sulfide) groups is 1. The van der Waals surface area contributed by atoms with Crippen LogP contribution in [0.3, 0.4) is 0 Å². The van der Waals surface area contributed by atoms with E-state index in [9.17, 15) is 4.79 Å². The lowest BCUT2D eigenvalue weighted by molar-refractivity contribution is -0.113. The number of carbonyl (C=O) groups excluding carboxylic acids is 1. The molecular formula is C13H17N3OS. The maximum absolute atomic E-state index is 11.4. The Labute approximate surface area is 111 Å². The Hall–Kier alpha value is -1.04. The number of benzene rings is 1. The zero-order chi connectivity index (χ0) is 12.6. The van der Waals surface area contributed by atoms with Crippen molar-refractivity contribution in [3.8, 4) is 0 Å². The standard InChI is InChI=1S/C13H17N3OS/c1-13(8-14-4-5-15-13)9-2-3-11-10(6-9)16-12(17)7-18-11/h2-3,6,14-15H,4-5,7-8H2,1H3,(H,16,17). The highest BCUT2D eigenvalue weighted by atomic mass is 32.2. The third kappa shape index (κ3) is 2.13. The van der Waals surface area contributed by atoms with Crippen LogP contribution >= 0.6 is 11.8 Å². The molecule has 1 saturated heterocycles. The minimum atomic E-state index is -0.0554. The highest BCUT2D eigenvalue weighted by molar-refractivity contribution is 8.00. The predicted octanol–water partition coefficient (Wildman–Crippen LogP) is 1.14. The lowest BCUT2D eigenvalue weighted by Crippen LogP contribution is -2.55. The SMILES string of the molecule is CC1(c2ccc3c(c2)NC(=O)CS3)CNCCN1. The maximum atomic E-state index is 11.4. The quantitative estimate of drug-likeness (QED) is 0.711. The molecule has 1 aromatic rings. The molecule has 1 unspecified atom stereocenters. The molecule has 3 N–H and O–H groups in total. The fourth-order valence-corrected chi connectivity index (χ4v) is 3.25. The van der Waals surface area contributed by atoms with Crippen molar-refractivity contribution in [1.82, 2.24) is 10.6 Å². The zero-order valence-corrected chi connectivity index (χ0v) is 11.2. The highest BCUT2D eigenvalue weighted by Gasteiger charge is 2.29. The minimum absolute atomic E-state index is 0.0554. The molecule has 1 fully saturated rings. The van der Waals surface area contributed by atoms with E-state index in [0.29, 0.717) is 5.75 Å². The Morgan fingerprint density at radius 2 is 2.22 bits per heavy atom. The van der Waals surface area contributed by atoms with Crippen LogP contribution in [0.1, 0.15) is 12.5 Å². The third-order valence-corrected chi connectivity index (χ3v) is 4.62. The molecule has 1 atom stereocenters. The van der Waals surface area contributed by atoms with Crippen molar-refractivity contribution in [2.24, 2.45) is 0 Å². The van der Waals surface area contributed by atoms with Gasteiger partial charge in [-0.25, -0.2) is 0 Å². The van der Waals surface area contributed by atoms with Gasteiger partial charge in [-0.2, -0.15) is 0 Å². The largest absolute Gasteiger partial charge is 0.324 e. The van der Waals surface area contributed by atoms with Crippen LogP contribution in [0.2, 0.25) is 0 Å². The first-order valence-corrected chi connectivity index (χ1v) is 7.19. The second-order valence-corrected chi connectivity index (χ2v) is 6.00. The van der Waals surface area contributed by atoms with Crippen molar-refractivity contribution in [3.05, 3.63) is 23.8 Å². The van der Waals surface area contributed by atoms with E-state index in [4.69, 9.17) is 0 Å². The zero-order valence-electron chi connectivity index (χ0n) is 10.4. The molecule has 0 radical (unpaired) electrons. The fraction of sp³-hybridized carbons (Fsp3) is 0.462. The molecule has 96 valence electrons. The maximum Gasteiger partial charge on any atom is 0.234 e. The van der Waals surface area contributed by atoms with Crippen molar-refractivity contribution in [2.45, 2.75) is 17.4 Å². The van der Waals surface area contributed by atoms with Gasteiger partial charge in [0.15, 0.2) is 0 Å². The van der Waals surface area contributed by atoms with Gasteiger partial charge >= 0.3 is 0 Å². The van der Waals surface area contributed by atoms with Crippen LogP contribution in [-0.2, 0) is 10.3 Å². The normalized spacial score (nSPS) is 27.5. The van der Waals surface area contributed by atoms with Crippen LogP contribution in [-0.4, -0.2) is 31.3 Å². The molecule has 5 heteroatoms. The number of anilines is 1. The summed E-state index contributed by atoms with van der Waals surface area (Å²) < 4.78 is 0. The van der Waals surface area contributed by atoms with E-state index in [1.807, 2.05) is 0 Å². The Morgan fingerprint density at radius 1 is 1.33 bits per heavy atom. The molecule has 3 rings (SSSR count). The monoisotopic (exact) mass is 263 g/mol. The van der Waals surface area contributed by atoms with Crippen molar-refractivity contribution in [2.75, 3.05) is 30.7 Å². The molecule has 0 bridgehead atoms. The van der Waals surface area contributed by atoms with E-state index >= 15 is 0 Å². The summed E-state index contributed by atoms with van der Waals surface area (Å²) in [5, 5.41) is 9.90. The van der Waals surface area contributed by atoms with Gasteiger partial charge in [-0.05, 0) is 24.6 Å². The molecule has 0 spiro atoms. The second kappa shape index (κ2) is 4.57. The van der Waals surface area contributed by atoms with E-state index in [1.165, 1.54) is 5.56 Å². The van der Waals surface area contributed by atoms with E-state index < -0.39 is 0 Å². The van der Waals surface area contributed by atoms with Crippen LogP contribution in [0.15, 0.2) is 23.1 Å². The molecule has 2 aliphatic rings. The number of carbonyl (C=O) groups is 1. The summed E-state index contributed by atoms with van der Waals surface area (Å²) in [6, 6.07) is 6.36. The summed E-state index contributed by atoms with van der Waals surface area (Å²) in [7, 11) is 0. The third-order valence-electron chi connectivity index (χ3n) is 3.55. The first-order chi connectivity index (χ1) is 8.67. The van der Waals surface area contributed by atoms with Crippen molar-refractivity contribution < 1.29 is 4.79 Å². The molecule has 1 amide bonds. The van der Waals surface area contributed by atoms with E-state index in [1.54, 1.807) is 11.8 Å².